The Hall–Kier alpha value is -7.24. The molecule has 5 heteroatoms. The molecule has 2 aromatic heterocycles. The summed E-state index contributed by atoms with van der Waals surface area (Å²) in [5, 5.41) is 2.41. The molecule has 0 saturated heterocycles. The number of fused-ring (bicyclic) bond motifs is 2. The molecule has 0 fully saturated rings. The van der Waals surface area contributed by atoms with Gasteiger partial charge in [-0.2, -0.15) is 0 Å². The van der Waals surface area contributed by atoms with Crippen molar-refractivity contribution in [1.82, 2.24) is 24.5 Å². The Balaban J connectivity index is 0.921. The van der Waals surface area contributed by atoms with Gasteiger partial charge in [-0.25, -0.2) is 19.9 Å². The molecule has 0 unspecified atom stereocenters. The first-order chi connectivity index (χ1) is 27.2. The minimum absolute atomic E-state index is 0.670. The second-order valence-corrected chi connectivity index (χ2v) is 13.9. The van der Waals surface area contributed by atoms with Crippen LogP contribution in [0.5, 0.6) is 0 Å². The van der Waals surface area contributed by atoms with E-state index in [9.17, 15) is 0 Å². The lowest BCUT2D eigenvalue weighted by Crippen LogP contribution is -2.03. The van der Waals surface area contributed by atoms with Crippen molar-refractivity contribution >= 4 is 27.4 Å². The van der Waals surface area contributed by atoms with E-state index in [1.54, 1.807) is 0 Å². The maximum atomic E-state index is 4.94. The number of aromatic nitrogens is 5. The molecule has 0 spiro atoms. The topological polar surface area (TPSA) is 56.5 Å². The quantitative estimate of drug-likeness (QED) is 0.166. The van der Waals surface area contributed by atoms with Crippen LogP contribution in [0.4, 0.5) is 0 Å². The fourth-order valence-corrected chi connectivity index (χ4v) is 7.49. The van der Waals surface area contributed by atoms with E-state index >= 15 is 0 Å². The molecule has 260 valence electrons. The molecule has 0 N–H and O–H groups in total. The summed E-state index contributed by atoms with van der Waals surface area (Å²) in [6.45, 7) is 0. The molecule has 2 heterocycles. The van der Waals surface area contributed by atoms with Crippen molar-refractivity contribution in [2.45, 2.75) is 12.8 Å². The summed E-state index contributed by atoms with van der Waals surface area (Å²) >= 11 is 0. The number of para-hydroxylation sites is 1. The highest BCUT2D eigenvalue weighted by molar-refractivity contribution is 5.99. The summed E-state index contributed by atoms with van der Waals surface area (Å²) < 4.78 is 2.13. The van der Waals surface area contributed by atoms with E-state index in [1.807, 2.05) is 42.7 Å². The summed E-state index contributed by atoms with van der Waals surface area (Å²) in [4.78, 5) is 19.5. The van der Waals surface area contributed by atoms with Crippen molar-refractivity contribution in [1.29, 1.82) is 0 Å². The summed E-state index contributed by atoms with van der Waals surface area (Å²) in [6, 6.07) is 57.7. The van der Waals surface area contributed by atoms with Crippen molar-refractivity contribution in [3.05, 3.63) is 194 Å². The minimum atomic E-state index is 0.670. The molecule has 0 aliphatic heterocycles. The molecule has 0 atom stereocenters. The van der Waals surface area contributed by atoms with E-state index in [1.165, 1.54) is 33.0 Å². The molecule has 1 aliphatic carbocycles. The molecule has 0 radical (unpaired) electrons. The number of imidazole rings is 1. The van der Waals surface area contributed by atoms with Crippen LogP contribution in [0, 0.1) is 0 Å². The van der Waals surface area contributed by atoms with Gasteiger partial charge in [0, 0.05) is 22.4 Å². The second-order valence-electron chi connectivity index (χ2n) is 13.9. The van der Waals surface area contributed by atoms with Gasteiger partial charge in [0.1, 0.15) is 6.33 Å². The standard InChI is InChI=1S/C50H35N5/c1-4-11-37(12-5-1)48-52-49(38-13-6-2-7-14-38)54-50(53-48)39-25-23-36(24-26-39)44-18-10-15-42-31-40(27-29-45(42)44)34-19-21-35(22-20-34)41-28-30-47-46(32-41)51-33-55(47)43-16-8-3-9-17-43/h1,3-6,8-33H,2,7H2. The van der Waals surface area contributed by atoms with Gasteiger partial charge in [-0.15, -0.1) is 0 Å². The molecule has 1 aliphatic rings. The average Bonchev–Trinajstić information content (AvgIpc) is 3.70. The van der Waals surface area contributed by atoms with Crippen molar-refractivity contribution in [2.24, 2.45) is 0 Å². The predicted molar refractivity (Wildman–Crippen MR) is 225 cm³/mol. The monoisotopic (exact) mass is 705 g/mol. The van der Waals surface area contributed by atoms with Crippen molar-refractivity contribution in [3.8, 4) is 61.8 Å². The van der Waals surface area contributed by atoms with E-state index < -0.39 is 0 Å². The zero-order valence-corrected chi connectivity index (χ0v) is 30.0. The molecular formula is C50H35N5. The summed E-state index contributed by atoms with van der Waals surface area (Å²) in [7, 11) is 0. The molecule has 5 nitrogen and oxygen atoms in total. The normalized spacial score (nSPS) is 12.6. The molecule has 10 rings (SSSR count). The number of hydrogen-bond donors (Lipinski definition) is 0. The number of allylic oxidation sites excluding steroid dienone is 4. The molecule has 7 aromatic carbocycles. The van der Waals surface area contributed by atoms with Gasteiger partial charge < -0.3 is 0 Å². The molecule has 55 heavy (non-hydrogen) atoms. The summed E-state index contributed by atoms with van der Waals surface area (Å²) in [5.41, 5.74) is 13.2. The van der Waals surface area contributed by atoms with Gasteiger partial charge in [0.25, 0.3) is 0 Å². The molecule has 0 bridgehead atoms. The molecule has 9 aromatic rings. The van der Waals surface area contributed by atoms with E-state index in [-0.39, 0.29) is 0 Å². The number of hydrogen-bond acceptors (Lipinski definition) is 4. The zero-order valence-electron chi connectivity index (χ0n) is 30.0. The number of benzene rings is 7. The van der Waals surface area contributed by atoms with Crippen molar-refractivity contribution in [2.75, 3.05) is 0 Å². The van der Waals surface area contributed by atoms with Gasteiger partial charge in [0.2, 0.25) is 0 Å². The lowest BCUT2D eigenvalue weighted by molar-refractivity contribution is 1.01. The van der Waals surface area contributed by atoms with Gasteiger partial charge >= 0.3 is 0 Å². The third kappa shape index (κ3) is 6.32. The van der Waals surface area contributed by atoms with E-state index in [4.69, 9.17) is 19.9 Å². The number of rotatable bonds is 7. The van der Waals surface area contributed by atoms with Gasteiger partial charge in [-0.1, -0.05) is 152 Å². The van der Waals surface area contributed by atoms with E-state index in [2.05, 4.69) is 150 Å². The lowest BCUT2D eigenvalue weighted by Gasteiger charge is -2.12. The minimum Gasteiger partial charge on any atom is -0.299 e. The highest BCUT2D eigenvalue weighted by atomic mass is 15.0. The van der Waals surface area contributed by atoms with Gasteiger partial charge in [-0.05, 0) is 87.3 Å². The van der Waals surface area contributed by atoms with Crippen LogP contribution in [0.2, 0.25) is 0 Å². The maximum absolute atomic E-state index is 4.94. The highest BCUT2D eigenvalue weighted by Crippen LogP contribution is 2.34. The van der Waals surface area contributed by atoms with Crippen molar-refractivity contribution < 1.29 is 0 Å². The van der Waals surface area contributed by atoms with E-state index in [0.717, 1.165) is 57.4 Å². The zero-order chi connectivity index (χ0) is 36.6. The molecule has 0 amide bonds. The van der Waals surface area contributed by atoms with Crippen molar-refractivity contribution in [3.63, 3.8) is 0 Å². The highest BCUT2D eigenvalue weighted by Gasteiger charge is 2.15. The van der Waals surface area contributed by atoms with Crippen LogP contribution in [-0.4, -0.2) is 24.5 Å². The van der Waals surface area contributed by atoms with Crippen LogP contribution < -0.4 is 0 Å². The fourth-order valence-electron chi connectivity index (χ4n) is 7.49. The third-order valence-corrected chi connectivity index (χ3v) is 10.4. The van der Waals surface area contributed by atoms with Crippen LogP contribution in [0.3, 0.4) is 0 Å². The Morgan fingerprint density at radius 3 is 1.80 bits per heavy atom. The Bertz CT molecular complexity index is 2890. The first-order valence-electron chi connectivity index (χ1n) is 18.7. The average molecular weight is 706 g/mol. The second kappa shape index (κ2) is 14.0. The summed E-state index contributed by atoms with van der Waals surface area (Å²) in [6.07, 6.45) is 10.4. The van der Waals surface area contributed by atoms with Gasteiger partial charge in [0.15, 0.2) is 17.5 Å². The lowest BCUT2D eigenvalue weighted by atomic mass is 9.94. The Morgan fingerprint density at radius 1 is 0.455 bits per heavy atom. The Labute approximate surface area is 319 Å². The number of nitrogens with zero attached hydrogens (tertiary/aromatic N) is 5. The predicted octanol–water partition coefficient (Wildman–Crippen LogP) is 12.4. The largest absolute Gasteiger partial charge is 0.299 e. The van der Waals surface area contributed by atoms with Crippen LogP contribution in [0.25, 0.3) is 89.2 Å². The third-order valence-electron chi connectivity index (χ3n) is 10.4. The summed E-state index contributed by atoms with van der Waals surface area (Å²) in [5.74, 6) is 2.05. The Morgan fingerprint density at radius 2 is 1.07 bits per heavy atom. The van der Waals surface area contributed by atoms with E-state index in [0.29, 0.717) is 17.5 Å². The van der Waals surface area contributed by atoms with Crippen LogP contribution >= 0.6 is 0 Å². The van der Waals surface area contributed by atoms with Crippen LogP contribution in [0.15, 0.2) is 188 Å². The smallest absolute Gasteiger partial charge is 0.164 e. The molecular weight excluding hydrogens is 671 g/mol. The van der Waals surface area contributed by atoms with Gasteiger partial charge in [-0.3, -0.25) is 4.57 Å². The van der Waals surface area contributed by atoms with Gasteiger partial charge in [0.05, 0.1) is 11.0 Å². The first kappa shape index (κ1) is 32.4. The Kier molecular flexibility index (Phi) is 8.23. The molecule has 0 saturated carbocycles. The fraction of sp³-hybridized carbons (Fsp3) is 0.0400. The first-order valence-corrected chi connectivity index (χ1v) is 18.7. The van der Waals surface area contributed by atoms with Crippen LogP contribution in [0.1, 0.15) is 18.7 Å². The van der Waals surface area contributed by atoms with Crippen LogP contribution in [-0.2, 0) is 0 Å². The maximum Gasteiger partial charge on any atom is 0.164 e. The SMILES string of the molecule is C1=CC(c2nc(-c3ccccc3)nc(-c3ccc(-c4cccc5cc(-c6ccc(-c7ccc8c(c7)ncn8-c7ccccc7)cc6)ccc45)cc3)n2)=CCC1.